The van der Waals surface area contributed by atoms with Crippen molar-refractivity contribution in [3.05, 3.63) is 82.9 Å². The molecule has 2 aromatic carbocycles. The molecule has 2 aliphatic heterocycles. The summed E-state index contributed by atoms with van der Waals surface area (Å²) in [6.45, 7) is 2.23. The molecule has 0 spiro atoms. The van der Waals surface area contributed by atoms with E-state index >= 15 is 0 Å². The molecule has 1 unspecified atom stereocenters. The van der Waals surface area contributed by atoms with E-state index in [0.29, 0.717) is 35.6 Å². The predicted octanol–water partition coefficient (Wildman–Crippen LogP) is 3.45. The number of aliphatic imine (C=N–C) groups is 2. The Morgan fingerprint density at radius 2 is 1.92 bits per heavy atom. The first-order valence-electron chi connectivity index (χ1n) is 11.8. The quantitative estimate of drug-likeness (QED) is 0.259. The van der Waals surface area contributed by atoms with Crippen LogP contribution in [0.25, 0.3) is 11.1 Å². The highest BCUT2D eigenvalue weighted by Crippen LogP contribution is 2.43. The largest absolute Gasteiger partial charge is 0.446 e. The van der Waals surface area contributed by atoms with Crippen molar-refractivity contribution in [3.8, 4) is 16.9 Å². The molecule has 0 fully saturated rings. The van der Waals surface area contributed by atoms with Crippen molar-refractivity contribution in [2.45, 2.75) is 18.9 Å². The molecular weight excluding hydrogens is 549 g/mol. The number of carbonyl (C=O) groups is 1. The van der Waals surface area contributed by atoms with E-state index in [1.807, 2.05) is 11.0 Å². The topological polar surface area (TPSA) is 137 Å². The summed E-state index contributed by atoms with van der Waals surface area (Å²) in [6, 6.07) is 14.8. The number of nitrogens with two attached hydrogens (primary N) is 1. The summed E-state index contributed by atoms with van der Waals surface area (Å²) >= 11 is 6.09. The molecule has 0 bridgehead atoms. The van der Waals surface area contributed by atoms with Crippen molar-refractivity contribution in [3.63, 3.8) is 0 Å². The first-order valence-corrected chi connectivity index (χ1v) is 13.8. The smallest absolute Gasteiger partial charge is 0.345 e. The number of amidine groups is 1. The van der Waals surface area contributed by atoms with Crippen LogP contribution in [0, 0.1) is 5.95 Å². The Hall–Kier alpha value is -4.03. The second-order valence-electron chi connectivity index (χ2n) is 8.89. The molecule has 2 N–H and O–H groups in total. The fraction of sp³-hybridized carbons (Fsp3) is 0.231. The van der Waals surface area contributed by atoms with Crippen LogP contribution in [0.3, 0.4) is 0 Å². The van der Waals surface area contributed by atoms with Gasteiger partial charge in [-0.2, -0.15) is 12.8 Å². The van der Waals surface area contributed by atoms with Crippen LogP contribution < -0.4 is 9.92 Å². The lowest BCUT2D eigenvalue weighted by Crippen LogP contribution is -2.46. The molecule has 3 aromatic rings. The molecular formula is C26H23ClFN5O5S. The van der Waals surface area contributed by atoms with Gasteiger partial charge in [0.1, 0.15) is 11.6 Å². The Kier molecular flexibility index (Phi) is 7.00. The van der Waals surface area contributed by atoms with Crippen LogP contribution in [-0.2, 0) is 25.2 Å². The molecule has 5 rings (SSSR count). The van der Waals surface area contributed by atoms with Crippen LogP contribution in [0.15, 0.2) is 70.8 Å². The Morgan fingerprint density at radius 1 is 1.18 bits per heavy atom. The standard InChI is InChI=1S/C26H23ClFN5O5S/c1-16(34)37-15-39(35,36)38-21-8-3-7-19(12-21)26(24-30-9-4-10-33(24)25(29)32-26)18-6-2-5-17(11-18)22-13-20(27)14-31-23(22)28/h2-3,5-8,11-14H,4,9-10,15H2,1H3,(H2,29,32). The average Bonchev–Trinajstić information content (AvgIpc) is 3.22. The summed E-state index contributed by atoms with van der Waals surface area (Å²) in [5, 5.41) is 0.275. The normalized spacial score (nSPS) is 18.7. The molecule has 1 atom stereocenters. The van der Waals surface area contributed by atoms with Crippen molar-refractivity contribution in [2.24, 2.45) is 15.7 Å². The van der Waals surface area contributed by atoms with Gasteiger partial charge in [0.05, 0.1) is 5.02 Å². The maximum absolute atomic E-state index is 14.7. The van der Waals surface area contributed by atoms with Crippen LogP contribution in [0.1, 0.15) is 24.5 Å². The molecule has 0 aliphatic carbocycles. The highest BCUT2D eigenvalue weighted by atomic mass is 35.5. The number of guanidine groups is 1. The Balaban J connectivity index is 1.65. The first kappa shape index (κ1) is 26.6. The second-order valence-corrected chi connectivity index (χ2v) is 10.8. The highest BCUT2D eigenvalue weighted by Gasteiger charge is 2.49. The molecule has 0 radical (unpaired) electrons. The molecule has 0 saturated heterocycles. The third-order valence-electron chi connectivity index (χ3n) is 6.22. The average molecular weight is 572 g/mol. The zero-order valence-corrected chi connectivity index (χ0v) is 22.2. The van der Waals surface area contributed by atoms with E-state index in [-0.39, 0.29) is 22.3 Å². The Bertz CT molecular complexity index is 1630. The lowest BCUT2D eigenvalue weighted by molar-refractivity contribution is -0.139. The highest BCUT2D eigenvalue weighted by molar-refractivity contribution is 7.86. The van der Waals surface area contributed by atoms with E-state index in [9.17, 15) is 17.6 Å². The molecule has 1 aromatic heterocycles. The van der Waals surface area contributed by atoms with Crippen molar-refractivity contribution in [2.75, 3.05) is 19.0 Å². The van der Waals surface area contributed by atoms with Crippen LogP contribution in [0.2, 0.25) is 5.02 Å². The number of carbonyl (C=O) groups excluding carboxylic acids is 1. The van der Waals surface area contributed by atoms with Crippen LogP contribution in [-0.4, -0.2) is 55.1 Å². The van der Waals surface area contributed by atoms with Gasteiger partial charge in [0.2, 0.25) is 11.9 Å². The number of ether oxygens (including phenoxy) is 1. The van der Waals surface area contributed by atoms with Crippen LogP contribution in [0.5, 0.6) is 5.75 Å². The number of pyridine rings is 1. The molecule has 0 saturated carbocycles. The number of nitrogens with zero attached hydrogens (tertiary/aromatic N) is 4. The van der Waals surface area contributed by atoms with Gasteiger partial charge in [0.25, 0.3) is 0 Å². The maximum Gasteiger partial charge on any atom is 0.345 e. The fourth-order valence-electron chi connectivity index (χ4n) is 4.61. The third kappa shape index (κ3) is 5.17. The Morgan fingerprint density at radius 3 is 2.69 bits per heavy atom. The summed E-state index contributed by atoms with van der Waals surface area (Å²) in [4.78, 5) is 26.2. The molecule has 3 heterocycles. The minimum Gasteiger partial charge on any atom is -0.446 e. The summed E-state index contributed by atoms with van der Waals surface area (Å²) in [6.07, 6.45) is 2.00. The van der Waals surface area contributed by atoms with Crippen molar-refractivity contribution in [1.82, 2.24) is 9.88 Å². The minimum absolute atomic E-state index is 0.0242. The number of halogens is 2. The van der Waals surface area contributed by atoms with Gasteiger partial charge in [0.15, 0.2) is 11.5 Å². The Labute approximate surface area is 229 Å². The summed E-state index contributed by atoms with van der Waals surface area (Å²) in [5.74, 6) is -1.62. The monoisotopic (exact) mass is 571 g/mol. The molecule has 39 heavy (non-hydrogen) atoms. The van der Waals surface area contributed by atoms with Gasteiger partial charge in [-0.1, -0.05) is 41.9 Å². The number of esters is 1. The number of hydrogen-bond donors (Lipinski definition) is 1. The van der Waals surface area contributed by atoms with Crippen LogP contribution >= 0.6 is 11.6 Å². The van der Waals surface area contributed by atoms with Crippen molar-refractivity contribution >= 4 is 39.5 Å². The third-order valence-corrected chi connectivity index (χ3v) is 7.28. The molecule has 202 valence electrons. The maximum atomic E-state index is 14.7. The van der Waals surface area contributed by atoms with Gasteiger partial charge in [-0.25, -0.2) is 9.98 Å². The van der Waals surface area contributed by atoms with E-state index in [1.165, 1.54) is 24.4 Å². The summed E-state index contributed by atoms with van der Waals surface area (Å²) < 4.78 is 49.3. The van der Waals surface area contributed by atoms with E-state index in [2.05, 4.69) is 9.72 Å². The zero-order valence-electron chi connectivity index (χ0n) is 20.7. The zero-order chi connectivity index (χ0) is 27.8. The van der Waals surface area contributed by atoms with Crippen molar-refractivity contribution < 1.29 is 26.5 Å². The molecule has 10 nitrogen and oxygen atoms in total. The van der Waals surface area contributed by atoms with E-state index in [4.69, 9.17) is 31.5 Å². The number of fused-ring (bicyclic) bond motifs is 1. The number of aromatic nitrogens is 1. The fourth-order valence-corrected chi connectivity index (χ4v) is 5.52. The van der Waals surface area contributed by atoms with E-state index in [0.717, 1.165) is 13.3 Å². The number of rotatable bonds is 7. The molecule has 13 heteroatoms. The lowest BCUT2D eigenvalue weighted by Gasteiger charge is -2.33. The van der Waals surface area contributed by atoms with Gasteiger partial charge < -0.3 is 14.7 Å². The lowest BCUT2D eigenvalue weighted by atomic mass is 9.81. The SMILES string of the molecule is CC(=O)OCS(=O)(=O)Oc1cccc(C2(c3cccc(-c4cc(Cl)cnc4F)c3)N=C(N)N3CCCN=C32)c1. The van der Waals surface area contributed by atoms with Crippen molar-refractivity contribution in [1.29, 1.82) is 0 Å². The van der Waals surface area contributed by atoms with Gasteiger partial charge in [-0.15, -0.1) is 0 Å². The first-order chi connectivity index (χ1) is 18.6. The predicted molar refractivity (Wildman–Crippen MR) is 143 cm³/mol. The molecule has 2 aliphatic rings. The second kappa shape index (κ2) is 10.3. The number of benzene rings is 2. The number of hydrogen-bond acceptors (Lipinski definition) is 10. The summed E-state index contributed by atoms with van der Waals surface area (Å²) in [5.41, 5.74) is 6.89. The van der Waals surface area contributed by atoms with E-state index < -0.39 is 33.5 Å². The minimum atomic E-state index is -4.25. The van der Waals surface area contributed by atoms with Gasteiger partial charge in [-0.3, -0.25) is 14.7 Å². The van der Waals surface area contributed by atoms with Gasteiger partial charge >= 0.3 is 16.1 Å². The molecule has 0 amide bonds. The van der Waals surface area contributed by atoms with Gasteiger partial charge in [-0.05, 0) is 47.4 Å². The summed E-state index contributed by atoms with van der Waals surface area (Å²) in [7, 11) is -4.25. The van der Waals surface area contributed by atoms with Crippen LogP contribution in [0.4, 0.5) is 4.39 Å². The van der Waals surface area contributed by atoms with Gasteiger partial charge in [0, 0.05) is 31.8 Å². The van der Waals surface area contributed by atoms with E-state index in [1.54, 1.807) is 30.3 Å².